The summed E-state index contributed by atoms with van der Waals surface area (Å²) < 4.78 is 1.25. The Kier molecular flexibility index (Phi) is 4.28. The van der Waals surface area contributed by atoms with E-state index in [0.717, 1.165) is 24.2 Å². The third-order valence-electron chi connectivity index (χ3n) is 5.30. The lowest BCUT2D eigenvalue weighted by Crippen LogP contribution is -2.31. The first-order chi connectivity index (χ1) is 9.26. The van der Waals surface area contributed by atoms with Crippen LogP contribution in [0.5, 0.6) is 0 Å². The van der Waals surface area contributed by atoms with Gasteiger partial charge in [-0.1, -0.05) is 40.5 Å². The maximum Gasteiger partial charge on any atom is 0.0207 e. The molecule has 3 rings (SSSR count). The number of fused-ring (bicyclic) bond motifs is 2. The van der Waals surface area contributed by atoms with E-state index < -0.39 is 0 Å². The average Bonchev–Trinajstić information content (AvgIpc) is 3.02. The fourth-order valence-electron chi connectivity index (χ4n) is 4.26. The van der Waals surface area contributed by atoms with Gasteiger partial charge in [0.2, 0.25) is 0 Å². The second kappa shape index (κ2) is 5.97. The van der Waals surface area contributed by atoms with E-state index in [4.69, 9.17) is 0 Å². The Balaban J connectivity index is 1.60. The summed E-state index contributed by atoms with van der Waals surface area (Å²) in [5, 5.41) is 3.54. The lowest BCUT2D eigenvalue weighted by molar-refractivity contribution is 0.281. The normalized spacial score (nSPS) is 30.7. The van der Waals surface area contributed by atoms with Gasteiger partial charge in [0.15, 0.2) is 0 Å². The molecule has 104 valence electrons. The molecule has 0 heterocycles. The Morgan fingerprint density at radius 3 is 2.74 bits per heavy atom. The fourth-order valence-corrected chi connectivity index (χ4v) is 4.71. The van der Waals surface area contributed by atoms with Gasteiger partial charge in [0, 0.05) is 10.5 Å². The van der Waals surface area contributed by atoms with Crippen molar-refractivity contribution in [3.8, 4) is 0 Å². The molecule has 4 unspecified atom stereocenters. The van der Waals surface area contributed by atoms with Gasteiger partial charge in [-0.3, -0.25) is 0 Å². The minimum Gasteiger partial charge on any atom is -0.317 e. The van der Waals surface area contributed by atoms with Crippen LogP contribution in [0.3, 0.4) is 0 Å². The molecule has 0 aliphatic heterocycles. The Bertz CT molecular complexity index is 431. The molecule has 0 amide bonds. The molecule has 0 radical (unpaired) electrons. The lowest BCUT2D eigenvalue weighted by atomic mass is 9.83. The van der Waals surface area contributed by atoms with Crippen LogP contribution >= 0.6 is 15.9 Å². The zero-order valence-corrected chi connectivity index (χ0v) is 13.3. The monoisotopic (exact) mass is 321 g/mol. The van der Waals surface area contributed by atoms with E-state index in [0.29, 0.717) is 6.04 Å². The van der Waals surface area contributed by atoms with Crippen LogP contribution in [0, 0.1) is 17.8 Å². The molecule has 4 atom stereocenters. The van der Waals surface area contributed by atoms with E-state index in [-0.39, 0.29) is 0 Å². The van der Waals surface area contributed by atoms with E-state index in [2.05, 4.69) is 52.6 Å². The van der Waals surface area contributed by atoms with Gasteiger partial charge in [-0.15, -0.1) is 0 Å². The Morgan fingerprint density at radius 1 is 1.26 bits per heavy atom. The topological polar surface area (TPSA) is 12.0 Å². The van der Waals surface area contributed by atoms with Crippen LogP contribution in [0.4, 0.5) is 0 Å². The summed E-state index contributed by atoms with van der Waals surface area (Å²) in [6.45, 7) is 0. The number of hydrogen-bond acceptors (Lipinski definition) is 1. The molecule has 0 spiro atoms. The van der Waals surface area contributed by atoms with Gasteiger partial charge in [-0.25, -0.2) is 0 Å². The molecule has 2 heteroatoms. The molecule has 2 aliphatic carbocycles. The molecule has 2 saturated carbocycles. The maximum atomic E-state index is 3.67. The van der Waals surface area contributed by atoms with Crippen molar-refractivity contribution in [2.24, 2.45) is 17.8 Å². The van der Waals surface area contributed by atoms with Crippen molar-refractivity contribution in [3.05, 3.63) is 34.3 Å². The zero-order chi connectivity index (χ0) is 13.2. The summed E-state index contributed by atoms with van der Waals surface area (Å²) >= 11 is 3.67. The van der Waals surface area contributed by atoms with E-state index in [1.54, 1.807) is 0 Å². The van der Waals surface area contributed by atoms with Crippen LogP contribution in [-0.4, -0.2) is 13.1 Å². The minimum absolute atomic E-state index is 0.628. The summed E-state index contributed by atoms with van der Waals surface area (Å²) in [4.78, 5) is 0. The molecule has 1 N–H and O–H groups in total. The highest BCUT2D eigenvalue weighted by atomic mass is 79.9. The van der Waals surface area contributed by atoms with Crippen LogP contribution in [0.1, 0.15) is 37.7 Å². The van der Waals surface area contributed by atoms with Gasteiger partial charge >= 0.3 is 0 Å². The van der Waals surface area contributed by atoms with Crippen molar-refractivity contribution < 1.29 is 0 Å². The molecule has 1 aromatic carbocycles. The minimum atomic E-state index is 0.628. The Hall–Kier alpha value is -0.340. The summed E-state index contributed by atoms with van der Waals surface area (Å²) in [6.07, 6.45) is 8.54. The van der Waals surface area contributed by atoms with E-state index in [1.165, 1.54) is 42.1 Å². The number of hydrogen-bond donors (Lipinski definition) is 1. The summed E-state index contributed by atoms with van der Waals surface area (Å²) in [7, 11) is 2.12. The maximum absolute atomic E-state index is 3.67. The Morgan fingerprint density at radius 2 is 2.11 bits per heavy atom. The van der Waals surface area contributed by atoms with Crippen molar-refractivity contribution in [1.29, 1.82) is 0 Å². The third-order valence-corrected chi connectivity index (χ3v) is 6.08. The van der Waals surface area contributed by atoms with Crippen LogP contribution in [-0.2, 0) is 6.42 Å². The lowest BCUT2D eigenvalue weighted by Gasteiger charge is -2.27. The van der Waals surface area contributed by atoms with Crippen LogP contribution in [0.25, 0.3) is 0 Å². The first kappa shape index (κ1) is 13.6. The molecule has 1 nitrogen and oxygen atoms in total. The van der Waals surface area contributed by atoms with Gasteiger partial charge in [-0.2, -0.15) is 0 Å². The Labute approximate surface area is 125 Å². The molecule has 0 saturated heterocycles. The zero-order valence-electron chi connectivity index (χ0n) is 11.7. The molecule has 2 aliphatic rings. The quantitative estimate of drug-likeness (QED) is 0.847. The number of likely N-dealkylation sites (N-methyl/N-ethyl adjacent to an activating group) is 1. The van der Waals surface area contributed by atoms with Crippen molar-refractivity contribution in [2.75, 3.05) is 7.05 Å². The smallest absolute Gasteiger partial charge is 0.0207 e. The van der Waals surface area contributed by atoms with E-state index in [1.807, 2.05) is 0 Å². The molecule has 19 heavy (non-hydrogen) atoms. The molecule has 1 aromatic rings. The largest absolute Gasteiger partial charge is 0.317 e. The van der Waals surface area contributed by atoms with Gasteiger partial charge in [0.25, 0.3) is 0 Å². The summed E-state index contributed by atoms with van der Waals surface area (Å²) in [5.74, 6) is 3.09. The molecule has 2 fully saturated rings. The second-order valence-corrected chi connectivity index (χ2v) is 7.31. The van der Waals surface area contributed by atoms with Crippen LogP contribution in [0.2, 0.25) is 0 Å². The van der Waals surface area contributed by atoms with E-state index >= 15 is 0 Å². The van der Waals surface area contributed by atoms with Crippen molar-refractivity contribution in [2.45, 2.75) is 44.6 Å². The number of rotatable bonds is 5. The first-order valence-corrected chi connectivity index (χ1v) is 8.46. The molecule has 2 bridgehead atoms. The predicted octanol–water partition coefficient (Wildman–Crippen LogP) is 4.41. The van der Waals surface area contributed by atoms with Gasteiger partial charge in [0.05, 0.1) is 0 Å². The highest BCUT2D eigenvalue weighted by molar-refractivity contribution is 9.10. The second-order valence-electron chi connectivity index (χ2n) is 6.45. The molecular formula is C17H24BrN. The summed E-state index contributed by atoms with van der Waals surface area (Å²) in [6, 6.07) is 9.26. The van der Waals surface area contributed by atoms with Crippen molar-refractivity contribution >= 4 is 15.9 Å². The number of nitrogens with one attached hydrogen (secondary N) is 1. The van der Waals surface area contributed by atoms with Crippen LogP contribution in [0.15, 0.2) is 28.7 Å². The molecule has 0 aromatic heterocycles. The van der Waals surface area contributed by atoms with E-state index in [9.17, 15) is 0 Å². The molecular weight excluding hydrogens is 298 g/mol. The highest BCUT2D eigenvalue weighted by Crippen LogP contribution is 2.50. The van der Waals surface area contributed by atoms with Crippen LogP contribution < -0.4 is 5.32 Å². The average molecular weight is 322 g/mol. The first-order valence-electron chi connectivity index (χ1n) is 7.67. The number of halogens is 1. The third kappa shape index (κ3) is 3.05. The predicted molar refractivity (Wildman–Crippen MR) is 84.2 cm³/mol. The fraction of sp³-hybridized carbons (Fsp3) is 0.647. The van der Waals surface area contributed by atoms with Crippen molar-refractivity contribution in [3.63, 3.8) is 0 Å². The van der Waals surface area contributed by atoms with Gasteiger partial charge in [-0.05, 0) is 68.5 Å². The standard InChI is InChI=1S/C17H24BrN/c1-19-16(10-14-4-2-3-5-17(14)18)11-15-9-12-6-7-13(15)8-12/h2-5,12-13,15-16,19H,6-11H2,1H3. The van der Waals surface area contributed by atoms with Gasteiger partial charge < -0.3 is 5.32 Å². The summed E-state index contributed by atoms with van der Waals surface area (Å²) in [5.41, 5.74) is 1.44. The van der Waals surface area contributed by atoms with Gasteiger partial charge in [0.1, 0.15) is 0 Å². The SMILES string of the molecule is CNC(Cc1ccccc1Br)CC1CC2CCC1C2. The van der Waals surface area contributed by atoms with Crippen molar-refractivity contribution in [1.82, 2.24) is 5.32 Å². The number of benzene rings is 1. The highest BCUT2D eigenvalue weighted by Gasteiger charge is 2.39.